The molecule has 0 fully saturated rings. The van der Waals surface area contributed by atoms with Crippen LogP contribution in [0.3, 0.4) is 0 Å². The van der Waals surface area contributed by atoms with Gasteiger partial charge in [-0.15, -0.1) is 0 Å². The minimum absolute atomic E-state index is 0.305. The molecular formula is C23H21NO2. The van der Waals surface area contributed by atoms with E-state index in [0.29, 0.717) is 12.7 Å². The van der Waals surface area contributed by atoms with E-state index in [2.05, 4.69) is 49.4 Å². The summed E-state index contributed by atoms with van der Waals surface area (Å²) < 4.78 is 11.1. The fourth-order valence-corrected chi connectivity index (χ4v) is 3.97. The third kappa shape index (κ3) is 2.64. The molecule has 1 atom stereocenters. The molecule has 1 aliphatic carbocycles. The maximum atomic E-state index is 5.60. The Kier molecular flexibility index (Phi) is 3.66. The summed E-state index contributed by atoms with van der Waals surface area (Å²) in [5, 5.41) is 0. The Bertz CT molecular complexity index is 965. The molecule has 3 nitrogen and oxygen atoms in total. The van der Waals surface area contributed by atoms with Gasteiger partial charge in [-0.2, -0.15) is 0 Å². The zero-order chi connectivity index (χ0) is 17.5. The van der Waals surface area contributed by atoms with Crippen LogP contribution >= 0.6 is 0 Å². The van der Waals surface area contributed by atoms with Crippen LogP contribution in [0.2, 0.25) is 0 Å². The van der Waals surface area contributed by atoms with Crippen LogP contribution in [0, 0.1) is 5.92 Å². The van der Waals surface area contributed by atoms with E-state index in [-0.39, 0.29) is 0 Å². The topological polar surface area (TPSA) is 31.4 Å². The Balaban J connectivity index is 1.69. The van der Waals surface area contributed by atoms with Gasteiger partial charge in [-0.25, -0.2) is 0 Å². The minimum atomic E-state index is 0.305. The van der Waals surface area contributed by atoms with Crippen LogP contribution in [0.25, 0.3) is 22.4 Å². The molecule has 1 aromatic heterocycles. The fraction of sp³-hybridized carbons (Fsp3) is 0.261. The first-order valence-electron chi connectivity index (χ1n) is 9.26. The van der Waals surface area contributed by atoms with Crippen molar-refractivity contribution in [2.75, 3.05) is 6.79 Å². The first-order chi connectivity index (χ1) is 12.8. The smallest absolute Gasteiger partial charge is 0.231 e. The number of rotatable bonds is 2. The largest absolute Gasteiger partial charge is 0.454 e. The highest BCUT2D eigenvalue weighted by Gasteiger charge is 2.23. The lowest BCUT2D eigenvalue weighted by molar-refractivity contribution is 0.174. The van der Waals surface area contributed by atoms with Crippen LogP contribution in [0.5, 0.6) is 11.5 Å². The molecule has 2 aliphatic rings. The van der Waals surface area contributed by atoms with Gasteiger partial charge in [-0.3, -0.25) is 4.98 Å². The van der Waals surface area contributed by atoms with E-state index in [1.165, 1.54) is 28.8 Å². The zero-order valence-electron chi connectivity index (χ0n) is 14.9. The van der Waals surface area contributed by atoms with E-state index in [9.17, 15) is 0 Å². The second kappa shape index (κ2) is 6.17. The average molecular weight is 343 g/mol. The lowest BCUT2D eigenvalue weighted by Gasteiger charge is -2.24. The average Bonchev–Trinajstić information content (AvgIpc) is 3.15. The molecule has 130 valence electrons. The number of hydrogen-bond donors (Lipinski definition) is 0. The molecule has 0 saturated heterocycles. The molecule has 5 rings (SSSR count). The highest BCUT2D eigenvalue weighted by Crippen LogP contribution is 2.40. The third-order valence-corrected chi connectivity index (χ3v) is 5.39. The molecule has 0 amide bonds. The summed E-state index contributed by atoms with van der Waals surface area (Å²) in [6.07, 6.45) is 3.34. The lowest BCUT2D eigenvalue weighted by Crippen LogP contribution is -2.14. The Morgan fingerprint density at radius 1 is 0.923 bits per heavy atom. The van der Waals surface area contributed by atoms with Gasteiger partial charge in [0.2, 0.25) is 6.79 Å². The Morgan fingerprint density at radius 2 is 1.77 bits per heavy atom. The second-order valence-corrected chi connectivity index (χ2v) is 7.26. The number of ether oxygens (including phenoxy) is 2. The van der Waals surface area contributed by atoms with E-state index in [1.54, 1.807) is 0 Å². The van der Waals surface area contributed by atoms with Crippen molar-refractivity contribution in [3.8, 4) is 33.9 Å². The summed E-state index contributed by atoms with van der Waals surface area (Å²) in [6.45, 7) is 2.64. The molecule has 26 heavy (non-hydrogen) atoms. The summed E-state index contributed by atoms with van der Waals surface area (Å²) >= 11 is 0. The Morgan fingerprint density at radius 3 is 2.65 bits per heavy atom. The first-order valence-corrected chi connectivity index (χ1v) is 9.26. The molecule has 2 aromatic carbocycles. The quantitative estimate of drug-likeness (QED) is 0.635. The van der Waals surface area contributed by atoms with Crippen LogP contribution in [0.1, 0.15) is 24.6 Å². The molecule has 2 heterocycles. The van der Waals surface area contributed by atoms with Crippen molar-refractivity contribution in [2.24, 2.45) is 5.92 Å². The van der Waals surface area contributed by atoms with Crippen LogP contribution in [0.4, 0.5) is 0 Å². The normalized spacial score (nSPS) is 17.8. The van der Waals surface area contributed by atoms with Crippen molar-refractivity contribution >= 4 is 0 Å². The maximum absolute atomic E-state index is 5.60. The van der Waals surface area contributed by atoms with Crippen LogP contribution < -0.4 is 9.47 Å². The molecule has 0 bridgehead atoms. The van der Waals surface area contributed by atoms with Crippen molar-refractivity contribution in [1.29, 1.82) is 0 Å². The van der Waals surface area contributed by atoms with Gasteiger partial charge in [-0.05, 0) is 60.1 Å². The summed E-state index contributed by atoms with van der Waals surface area (Å²) in [5.41, 5.74) is 7.31. The van der Waals surface area contributed by atoms with Crippen LogP contribution in [-0.4, -0.2) is 11.8 Å². The van der Waals surface area contributed by atoms with E-state index in [1.807, 2.05) is 12.1 Å². The number of aryl methyl sites for hydroxylation is 1. The van der Waals surface area contributed by atoms with Crippen molar-refractivity contribution in [2.45, 2.75) is 26.2 Å². The summed E-state index contributed by atoms with van der Waals surface area (Å²) in [4.78, 5) is 5.02. The van der Waals surface area contributed by atoms with Crippen molar-refractivity contribution in [1.82, 2.24) is 4.98 Å². The predicted octanol–water partition coefficient (Wildman–Crippen LogP) is 5.27. The van der Waals surface area contributed by atoms with E-state index in [0.717, 1.165) is 35.6 Å². The van der Waals surface area contributed by atoms with Crippen molar-refractivity contribution < 1.29 is 9.47 Å². The van der Waals surface area contributed by atoms with Crippen LogP contribution in [-0.2, 0) is 12.8 Å². The number of hydrogen-bond acceptors (Lipinski definition) is 3. The van der Waals surface area contributed by atoms with E-state index < -0.39 is 0 Å². The molecule has 0 spiro atoms. The van der Waals surface area contributed by atoms with E-state index in [4.69, 9.17) is 14.5 Å². The highest BCUT2D eigenvalue weighted by atomic mass is 16.7. The number of aromatic nitrogens is 1. The standard InChI is InChI=1S/C23H21NO2/c1-15-7-9-20-19(11-15)18(13-21(24-20)16-5-3-2-4-6-16)17-8-10-22-23(12-17)26-14-25-22/h2-6,8,10,12-13,15H,7,9,11,14H2,1H3. The SMILES string of the molecule is CC1CCc2nc(-c3ccccc3)cc(-c3ccc4c(c3)OCO4)c2C1. The molecule has 1 aliphatic heterocycles. The van der Waals surface area contributed by atoms with E-state index >= 15 is 0 Å². The van der Waals surface area contributed by atoms with Crippen molar-refractivity contribution in [3.63, 3.8) is 0 Å². The van der Waals surface area contributed by atoms with Crippen molar-refractivity contribution in [3.05, 3.63) is 65.9 Å². The number of fused-ring (bicyclic) bond motifs is 2. The van der Waals surface area contributed by atoms with Gasteiger partial charge in [0, 0.05) is 11.3 Å². The van der Waals surface area contributed by atoms with Gasteiger partial charge in [0.05, 0.1) is 5.69 Å². The zero-order valence-corrected chi connectivity index (χ0v) is 14.9. The first kappa shape index (κ1) is 15.4. The molecule has 0 saturated carbocycles. The predicted molar refractivity (Wildman–Crippen MR) is 102 cm³/mol. The highest BCUT2D eigenvalue weighted by molar-refractivity contribution is 5.76. The number of pyridine rings is 1. The number of nitrogens with zero attached hydrogens (tertiary/aromatic N) is 1. The molecule has 1 unspecified atom stereocenters. The monoisotopic (exact) mass is 343 g/mol. The third-order valence-electron chi connectivity index (χ3n) is 5.39. The lowest BCUT2D eigenvalue weighted by atomic mass is 9.83. The number of benzene rings is 2. The minimum Gasteiger partial charge on any atom is -0.454 e. The Hall–Kier alpha value is -2.81. The molecule has 0 N–H and O–H groups in total. The van der Waals surface area contributed by atoms with Gasteiger partial charge in [0.25, 0.3) is 0 Å². The maximum Gasteiger partial charge on any atom is 0.231 e. The fourth-order valence-electron chi connectivity index (χ4n) is 3.97. The summed E-state index contributed by atoms with van der Waals surface area (Å²) in [5.74, 6) is 2.35. The van der Waals surface area contributed by atoms with Gasteiger partial charge < -0.3 is 9.47 Å². The van der Waals surface area contributed by atoms with Gasteiger partial charge in [-0.1, -0.05) is 43.3 Å². The van der Waals surface area contributed by atoms with Gasteiger partial charge in [0.1, 0.15) is 0 Å². The molecular weight excluding hydrogens is 322 g/mol. The van der Waals surface area contributed by atoms with Crippen LogP contribution in [0.15, 0.2) is 54.6 Å². The summed E-state index contributed by atoms with van der Waals surface area (Å²) in [6, 6.07) is 18.9. The second-order valence-electron chi connectivity index (χ2n) is 7.26. The van der Waals surface area contributed by atoms with Gasteiger partial charge in [0.15, 0.2) is 11.5 Å². The Labute approximate surface area is 153 Å². The molecule has 0 radical (unpaired) electrons. The van der Waals surface area contributed by atoms with Gasteiger partial charge >= 0.3 is 0 Å². The molecule has 3 aromatic rings. The molecule has 3 heteroatoms. The summed E-state index contributed by atoms with van der Waals surface area (Å²) in [7, 11) is 0.